The number of rotatable bonds is 8. The highest BCUT2D eigenvalue weighted by molar-refractivity contribution is 6.21. The van der Waals surface area contributed by atoms with Crippen molar-refractivity contribution in [3.63, 3.8) is 0 Å². The van der Waals surface area contributed by atoms with Crippen molar-refractivity contribution >= 4 is 11.5 Å². The quantitative estimate of drug-likeness (QED) is 0.337. The number of H-pyrrole nitrogens is 1. The molecule has 39 heavy (non-hydrogen) atoms. The van der Waals surface area contributed by atoms with Crippen LogP contribution in [0.1, 0.15) is 30.7 Å². The van der Waals surface area contributed by atoms with Crippen molar-refractivity contribution in [2.45, 2.75) is 37.2 Å². The summed E-state index contributed by atoms with van der Waals surface area (Å²) in [6.07, 6.45) is -7.94. The first kappa shape index (κ1) is 28.0. The van der Waals surface area contributed by atoms with Crippen molar-refractivity contribution < 1.29 is 35.9 Å². The zero-order chi connectivity index (χ0) is 28.4. The molecule has 3 heterocycles. The van der Waals surface area contributed by atoms with Crippen LogP contribution in [-0.4, -0.2) is 71.0 Å². The molecule has 0 saturated heterocycles. The van der Waals surface area contributed by atoms with Crippen LogP contribution in [0.4, 0.5) is 26.3 Å². The Labute approximate surface area is 219 Å². The zero-order valence-electron chi connectivity index (χ0n) is 20.9. The molecule has 9 nitrogen and oxygen atoms in total. The number of tetrazole rings is 1. The second-order valence-corrected chi connectivity index (χ2v) is 9.21. The summed E-state index contributed by atoms with van der Waals surface area (Å²) >= 11 is 0. The number of alkyl halides is 6. The van der Waals surface area contributed by atoms with Gasteiger partial charge >= 0.3 is 12.4 Å². The molecule has 15 heteroatoms. The van der Waals surface area contributed by atoms with E-state index >= 15 is 0 Å². The number of allylic oxidation sites excluding steroid dienone is 2. The molecule has 4 rings (SSSR count). The molecular formula is C24H25F6N7O2. The molecule has 1 aromatic carbocycles. The third-order valence-corrected chi connectivity index (χ3v) is 6.34. The van der Waals surface area contributed by atoms with Gasteiger partial charge in [-0.15, -0.1) is 10.2 Å². The van der Waals surface area contributed by atoms with Crippen LogP contribution in [0, 0.1) is 0 Å². The van der Waals surface area contributed by atoms with Crippen LogP contribution in [0.3, 0.4) is 0 Å². The molecule has 1 amide bonds. The Hall–Kier alpha value is -4.04. The molecule has 0 aliphatic carbocycles. The number of aromatic nitrogens is 4. The molecule has 0 spiro atoms. The van der Waals surface area contributed by atoms with E-state index in [1.54, 1.807) is 31.1 Å². The maximum absolute atomic E-state index is 14.8. The summed E-state index contributed by atoms with van der Waals surface area (Å²) in [5, 5.41) is 18.5. The molecule has 2 aliphatic rings. The van der Waals surface area contributed by atoms with E-state index in [-0.39, 0.29) is 47.9 Å². The number of dihydropyridines is 1. The number of nitrogens with zero attached hydrogens (tertiary/aromatic N) is 4. The van der Waals surface area contributed by atoms with E-state index < -0.39 is 36.6 Å². The fourth-order valence-electron chi connectivity index (χ4n) is 4.37. The first-order valence-electron chi connectivity index (χ1n) is 11.8. The van der Waals surface area contributed by atoms with Crippen LogP contribution < -0.4 is 15.4 Å². The lowest BCUT2D eigenvalue weighted by Crippen LogP contribution is -2.59. The first-order valence-corrected chi connectivity index (χ1v) is 11.8. The molecule has 3 N–H and O–H groups in total. The van der Waals surface area contributed by atoms with Crippen molar-refractivity contribution in [3.8, 4) is 5.75 Å². The number of amides is 1. The number of hydrogen-bond donors (Lipinski definition) is 3. The molecule has 0 bridgehead atoms. The zero-order valence-corrected chi connectivity index (χ0v) is 20.9. The van der Waals surface area contributed by atoms with E-state index in [9.17, 15) is 31.1 Å². The summed E-state index contributed by atoms with van der Waals surface area (Å²) in [5.74, 6) is -0.354. The van der Waals surface area contributed by atoms with Crippen LogP contribution in [0.15, 0.2) is 53.4 Å². The van der Waals surface area contributed by atoms with Crippen molar-refractivity contribution in [1.29, 1.82) is 0 Å². The smallest absolute Gasteiger partial charge is 0.416 e. The lowest BCUT2D eigenvalue weighted by Gasteiger charge is -2.42. The minimum Gasteiger partial charge on any atom is -0.494 e. The van der Waals surface area contributed by atoms with Crippen molar-refractivity contribution in [3.05, 3.63) is 64.8 Å². The highest BCUT2D eigenvalue weighted by atomic mass is 19.4. The maximum Gasteiger partial charge on any atom is 0.416 e. The molecule has 0 unspecified atom stereocenters. The van der Waals surface area contributed by atoms with Crippen LogP contribution in [-0.2, 0) is 10.3 Å². The van der Waals surface area contributed by atoms with Gasteiger partial charge in [0.2, 0.25) is 5.82 Å². The van der Waals surface area contributed by atoms with E-state index in [0.717, 1.165) is 18.0 Å². The number of aromatic amines is 1. The Bertz CT molecular complexity index is 1280. The van der Waals surface area contributed by atoms with Gasteiger partial charge in [-0.2, -0.15) is 31.6 Å². The molecular weight excluding hydrogens is 532 g/mol. The highest BCUT2D eigenvalue weighted by Gasteiger charge is 2.60. The fourth-order valence-corrected chi connectivity index (χ4v) is 4.37. The Morgan fingerprint density at radius 1 is 1.08 bits per heavy atom. The number of carbonyl (C=O) groups is 1. The molecule has 0 radical (unpaired) electrons. The summed E-state index contributed by atoms with van der Waals surface area (Å²) in [6.45, 7) is -0.114. The van der Waals surface area contributed by atoms with Gasteiger partial charge in [-0.1, -0.05) is 18.2 Å². The molecule has 2 aliphatic heterocycles. The van der Waals surface area contributed by atoms with Crippen molar-refractivity contribution in [2.24, 2.45) is 0 Å². The van der Waals surface area contributed by atoms with E-state index in [1.807, 2.05) is 0 Å². The van der Waals surface area contributed by atoms with Crippen LogP contribution in [0.25, 0.3) is 5.57 Å². The van der Waals surface area contributed by atoms with E-state index in [2.05, 4.69) is 31.3 Å². The molecule has 0 saturated carbocycles. The fraction of sp³-hybridized carbons (Fsp3) is 0.417. The maximum atomic E-state index is 14.8. The Balaban J connectivity index is 1.70. The molecule has 1 atom stereocenters. The number of nitrogens with one attached hydrogen (secondary N) is 3. The van der Waals surface area contributed by atoms with Crippen LogP contribution in [0.2, 0.25) is 0 Å². The summed E-state index contributed by atoms with van der Waals surface area (Å²) in [7, 11) is 3.60. The minimum atomic E-state index is -4.93. The summed E-state index contributed by atoms with van der Waals surface area (Å²) in [5.41, 5.74) is -2.69. The van der Waals surface area contributed by atoms with Gasteiger partial charge in [0.1, 0.15) is 11.6 Å². The number of benzene rings is 1. The topological polar surface area (TPSA) is 108 Å². The normalized spacial score (nSPS) is 20.2. The lowest BCUT2D eigenvalue weighted by molar-refractivity contribution is -0.202. The third kappa shape index (κ3) is 6.01. The molecule has 0 fully saturated rings. The lowest BCUT2D eigenvalue weighted by atomic mass is 9.76. The van der Waals surface area contributed by atoms with Crippen molar-refractivity contribution in [2.75, 3.05) is 27.2 Å². The van der Waals surface area contributed by atoms with Gasteiger partial charge in [0, 0.05) is 33.5 Å². The molecule has 1 aromatic heterocycles. The molecule has 210 valence electrons. The third-order valence-electron chi connectivity index (χ3n) is 6.34. The SMILES string of the molecule is CN(C)C1=CC=C(C2=C(c3nn[nH]n3)C(=O)N[C@@](c3ccc(OCCCC(F)(F)F)cc3)(C(F)(F)F)C2)CN1. The van der Waals surface area contributed by atoms with Crippen molar-refractivity contribution in [1.82, 2.24) is 36.2 Å². The van der Waals surface area contributed by atoms with E-state index in [0.29, 0.717) is 5.57 Å². The van der Waals surface area contributed by atoms with Gasteiger partial charge in [-0.3, -0.25) is 4.79 Å². The minimum absolute atomic E-state index is 0.0894. The van der Waals surface area contributed by atoms with Crippen LogP contribution in [0.5, 0.6) is 5.75 Å². The Kier molecular flexibility index (Phi) is 7.61. The number of ether oxygens (including phenoxy) is 1. The summed E-state index contributed by atoms with van der Waals surface area (Å²) in [4.78, 5) is 15.1. The Morgan fingerprint density at radius 2 is 1.79 bits per heavy atom. The van der Waals surface area contributed by atoms with Crippen LogP contribution >= 0.6 is 0 Å². The van der Waals surface area contributed by atoms with Gasteiger partial charge < -0.3 is 20.3 Å². The van der Waals surface area contributed by atoms with Gasteiger partial charge in [0.25, 0.3) is 5.91 Å². The first-order chi connectivity index (χ1) is 18.3. The predicted molar refractivity (Wildman–Crippen MR) is 127 cm³/mol. The highest BCUT2D eigenvalue weighted by Crippen LogP contribution is 2.49. The van der Waals surface area contributed by atoms with Gasteiger partial charge in [-0.25, -0.2) is 0 Å². The largest absolute Gasteiger partial charge is 0.494 e. The Morgan fingerprint density at radius 3 is 2.33 bits per heavy atom. The number of carbonyl (C=O) groups excluding carboxylic acids is 1. The number of hydrogen-bond acceptors (Lipinski definition) is 7. The second kappa shape index (κ2) is 10.6. The summed E-state index contributed by atoms with van der Waals surface area (Å²) < 4.78 is 86.7. The van der Waals surface area contributed by atoms with E-state index in [4.69, 9.17) is 4.74 Å². The predicted octanol–water partition coefficient (Wildman–Crippen LogP) is 3.58. The van der Waals surface area contributed by atoms with Gasteiger partial charge in [0.05, 0.1) is 12.2 Å². The van der Waals surface area contributed by atoms with Gasteiger partial charge in [0.15, 0.2) is 5.54 Å². The summed E-state index contributed by atoms with van der Waals surface area (Å²) in [6, 6.07) is 4.74. The monoisotopic (exact) mass is 557 g/mol. The average Bonchev–Trinajstić information content (AvgIpc) is 3.40. The standard InChI is InChI=1S/C24H25F6N7O2/c1-37(2)18-9-4-14(13-31-18)17-12-22(24(28,29)30,32-21(38)19(17)20-33-35-36-34-20)15-5-7-16(8-6-15)39-11-3-10-23(25,26)27/h4-9,31H,3,10-13H2,1-2H3,(H,32,38)(H,33,34,35,36)/t22-/m0/s1. The second-order valence-electron chi connectivity index (χ2n) is 9.21. The average molecular weight is 557 g/mol. The number of halogens is 6. The van der Waals surface area contributed by atoms with Gasteiger partial charge in [-0.05, 0) is 46.6 Å². The molecule has 2 aromatic rings. The van der Waals surface area contributed by atoms with E-state index in [1.165, 1.54) is 12.1 Å².